The topological polar surface area (TPSA) is 98.3 Å². The average Bonchev–Trinajstić information content (AvgIpc) is 2.61. The monoisotopic (exact) mass is 358 g/mol. The summed E-state index contributed by atoms with van der Waals surface area (Å²) in [6, 6.07) is 7.37. The molecule has 0 radical (unpaired) electrons. The molecule has 0 atom stereocenters. The molecular formula is C18H22N4O4. The molecule has 1 aromatic carbocycles. The third-order valence-corrected chi connectivity index (χ3v) is 3.89. The molecule has 8 heteroatoms. The Kier molecular flexibility index (Phi) is 6.21. The highest BCUT2D eigenvalue weighted by molar-refractivity contribution is 5.92. The average molecular weight is 358 g/mol. The summed E-state index contributed by atoms with van der Waals surface area (Å²) < 4.78 is 1.28. The van der Waals surface area contributed by atoms with Crippen LogP contribution in [0.2, 0.25) is 0 Å². The van der Waals surface area contributed by atoms with Gasteiger partial charge in [-0.05, 0) is 25.8 Å². The lowest BCUT2D eigenvalue weighted by atomic mass is 10.2. The van der Waals surface area contributed by atoms with Crippen LogP contribution in [0.25, 0.3) is 5.69 Å². The Hall–Kier alpha value is -3.03. The first-order valence-corrected chi connectivity index (χ1v) is 8.54. The first-order valence-electron chi connectivity index (χ1n) is 8.54. The molecule has 0 saturated carbocycles. The van der Waals surface area contributed by atoms with Gasteiger partial charge in [-0.2, -0.15) is 5.10 Å². The van der Waals surface area contributed by atoms with Crippen LogP contribution >= 0.6 is 0 Å². The number of benzene rings is 1. The van der Waals surface area contributed by atoms with E-state index in [4.69, 9.17) is 0 Å². The summed E-state index contributed by atoms with van der Waals surface area (Å²) in [7, 11) is 0. The first kappa shape index (κ1) is 19.3. The molecule has 0 aliphatic carbocycles. The van der Waals surface area contributed by atoms with Crippen LogP contribution in [0, 0.1) is 17.0 Å². The quantitative estimate of drug-likeness (QED) is 0.560. The number of para-hydroxylation sites is 2. The predicted octanol–water partition coefficient (Wildman–Crippen LogP) is 2.71. The number of rotatable bonds is 7. The number of hydrogen-bond donors (Lipinski definition) is 0. The number of nitrogens with zero attached hydrogens (tertiary/aromatic N) is 4. The SMILES string of the molecule is CCCN(CCC)C(=O)c1nn(-c2ccccc2[N+](=O)[O-])c(C)cc1=O. The molecule has 0 spiro atoms. The Bertz CT molecular complexity index is 870. The number of carbonyl (C=O) groups excluding carboxylic acids is 1. The Morgan fingerprint density at radius 1 is 1.23 bits per heavy atom. The van der Waals surface area contributed by atoms with E-state index in [-0.39, 0.29) is 17.1 Å². The highest BCUT2D eigenvalue weighted by Crippen LogP contribution is 2.22. The summed E-state index contributed by atoms with van der Waals surface area (Å²) >= 11 is 0. The Morgan fingerprint density at radius 3 is 2.42 bits per heavy atom. The number of nitro benzene ring substituents is 1. The molecule has 0 bridgehead atoms. The molecule has 1 heterocycles. The van der Waals surface area contributed by atoms with Gasteiger partial charge in [-0.15, -0.1) is 0 Å². The number of hydrogen-bond acceptors (Lipinski definition) is 5. The predicted molar refractivity (Wildman–Crippen MR) is 97.7 cm³/mol. The minimum atomic E-state index is -0.517. The summed E-state index contributed by atoms with van der Waals surface area (Å²) in [6.07, 6.45) is 1.52. The third-order valence-electron chi connectivity index (χ3n) is 3.89. The van der Waals surface area contributed by atoms with Crippen molar-refractivity contribution in [1.82, 2.24) is 14.7 Å². The van der Waals surface area contributed by atoms with Crippen molar-refractivity contribution in [3.8, 4) is 5.69 Å². The van der Waals surface area contributed by atoms with Gasteiger partial charge in [0.25, 0.3) is 11.6 Å². The second-order valence-corrected chi connectivity index (χ2v) is 5.95. The largest absolute Gasteiger partial charge is 0.337 e. The van der Waals surface area contributed by atoms with Crippen LogP contribution in [0.15, 0.2) is 35.1 Å². The molecule has 2 aromatic rings. The fourth-order valence-electron chi connectivity index (χ4n) is 2.74. The van der Waals surface area contributed by atoms with E-state index < -0.39 is 16.3 Å². The van der Waals surface area contributed by atoms with Gasteiger partial charge in [-0.25, -0.2) is 4.68 Å². The third kappa shape index (κ3) is 3.96. The zero-order valence-corrected chi connectivity index (χ0v) is 15.1. The molecule has 0 saturated heterocycles. The summed E-state index contributed by atoms with van der Waals surface area (Å²) in [6.45, 7) is 6.56. The lowest BCUT2D eigenvalue weighted by Crippen LogP contribution is -2.37. The molecule has 0 N–H and O–H groups in total. The van der Waals surface area contributed by atoms with Crippen LogP contribution in [-0.4, -0.2) is 38.6 Å². The summed E-state index contributed by atoms with van der Waals surface area (Å²) in [5.74, 6) is -0.453. The van der Waals surface area contributed by atoms with E-state index in [1.165, 1.54) is 22.9 Å². The number of aromatic nitrogens is 2. The number of aryl methyl sites for hydroxylation is 1. The van der Waals surface area contributed by atoms with Crippen molar-refractivity contribution in [2.45, 2.75) is 33.6 Å². The highest BCUT2D eigenvalue weighted by Gasteiger charge is 2.23. The van der Waals surface area contributed by atoms with Crippen molar-refractivity contribution in [2.24, 2.45) is 0 Å². The van der Waals surface area contributed by atoms with Gasteiger partial charge in [0, 0.05) is 30.9 Å². The number of nitro groups is 1. The summed E-state index contributed by atoms with van der Waals surface area (Å²) in [4.78, 5) is 37.5. The molecule has 8 nitrogen and oxygen atoms in total. The molecule has 0 unspecified atom stereocenters. The first-order chi connectivity index (χ1) is 12.4. The number of amides is 1. The van der Waals surface area contributed by atoms with Crippen molar-refractivity contribution in [2.75, 3.05) is 13.1 Å². The second kappa shape index (κ2) is 8.37. The smallest absolute Gasteiger partial charge is 0.294 e. The Balaban J connectivity index is 2.59. The second-order valence-electron chi connectivity index (χ2n) is 5.95. The summed E-state index contributed by atoms with van der Waals surface area (Å²) in [5, 5.41) is 15.5. The standard InChI is InChI=1S/C18H22N4O4/c1-4-10-20(11-5-2)18(24)17-16(23)12-13(3)21(19-17)14-8-6-7-9-15(14)22(25)26/h6-9,12H,4-5,10-11H2,1-3H3. The maximum absolute atomic E-state index is 12.8. The maximum atomic E-state index is 12.8. The zero-order chi connectivity index (χ0) is 19.3. The van der Waals surface area contributed by atoms with Crippen molar-refractivity contribution in [3.63, 3.8) is 0 Å². The van der Waals surface area contributed by atoms with Crippen LogP contribution < -0.4 is 5.43 Å². The van der Waals surface area contributed by atoms with Crippen molar-refractivity contribution < 1.29 is 9.72 Å². The molecular weight excluding hydrogens is 336 g/mol. The van der Waals surface area contributed by atoms with Crippen molar-refractivity contribution in [1.29, 1.82) is 0 Å². The normalized spacial score (nSPS) is 10.6. The van der Waals surface area contributed by atoms with Crippen molar-refractivity contribution in [3.05, 3.63) is 62.1 Å². The van der Waals surface area contributed by atoms with E-state index in [1.54, 1.807) is 24.0 Å². The molecule has 1 amide bonds. The lowest BCUT2D eigenvalue weighted by Gasteiger charge is -2.21. The summed E-state index contributed by atoms with van der Waals surface area (Å²) in [5.41, 5.74) is -0.237. The zero-order valence-electron chi connectivity index (χ0n) is 15.1. The molecule has 1 aromatic heterocycles. The van der Waals surface area contributed by atoms with Gasteiger partial charge in [0.1, 0.15) is 5.69 Å². The van der Waals surface area contributed by atoms with E-state index >= 15 is 0 Å². The van der Waals surface area contributed by atoms with Gasteiger partial charge >= 0.3 is 0 Å². The molecule has 26 heavy (non-hydrogen) atoms. The van der Waals surface area contributed by atoms with Crippen LogP contribution in [-0.2, 0) is 0 Å². The minimum absolute atomic E-state index is 0.149. The van der Waals surface area contributed by atoms with Crippen molar-refractivity contribution >= 4 is 11.6 Å². The van der Waals surface area contributed by atoms with Gasteiger partial charge in [0.2, 0.25) is 5.43 Å². The van der Waals surface area contributed by atoms with E-state index in [1.807, 2.05) is 13.8 Å². The van der Waals surface area contributed by atoms with Gasteiger partial charge in [0.15, 0.2) is 5.69 Å². The fourth-order valence-corrected chi connectivity index (χ4v) is 2.74. The Morgan fingerprint density at radius 2 is 1.85 bits per heavy atom. The van der Waals surface area contributed by atoms with Gasteiger partial charge in [0.05, 0.1) is 4.92 Å². The van der Waals surface area contributed by atoms with Gasteiger partial charge in [-0.1, -0.05) is 26.0 Å². The minimum Gasteiger partial charge on any atom is -0.337 e. The molecule has 0 aliphatic rings. The van der Waals surface area contributed by atoms with E-state index in [2.05, 4.69) is 5.10 Å². The molecule has 0 aliphatic heterocycles. The maximum Gasteiger partial charge on any atom is 0.294 e. The van der Waals surface area contributed by atoms with E-state index in [0.717, 1.165) is 12.8 Å². The van der Waals surface area contributed by atoms with Crippen LogP contribution in [0.1, 0.15) is 42.9 Å². The van der Waals surface area contributed by atoms with Crippen LogP contribution in [0.4, 0.5) is 5.69 Å². The van der Waals surface area contributed by atoms with E-state index in [0.29, 0.717) is 18.8 Å². The number of carbonyl (C=O) groups is 1. The van der Waals surface area contributed by atoms with E-state index in [9.17, 15) is 19.7 Å². The highest BCUT2D eigenvalue weighted by atomic mass is 16.6. The molecule has 2 rings (SSSR count). The fraction of sp³-hybridized carbons (Fsp3) is 0.389. The molecule has 138 valence electrons. The Labute approximate surface area is 151 Å². The van der Waals surface area contributed by atoms with Crippen LogP contribution in [0.5, 0.6) is 0 Å². The van der Waals surface area contributed by atoms with Crippen LogP contribution in [0.3, 0.4) is 0 Å². The van der Waals surface area contributed by atoms with Gasteiger partial charge < -0.3 is 4.90 Å². The lowest BCUT2D eigenvalue weighted by molar-refractivity contribution is -0.384. The molecule has 0 fully saturated rings. The van der Waals surface area contributed by atoms with Gasteiger partial charge in [-0.3, -0.25) is 19.7 Å².